The van der Waals surface area contributed by atoms with Crippen molar-refractivity contribution in [3.8, 4) is 12.1 Å². The topological polar surface area (TPSA) is 139 Å². The molecule has 1 aliphatic carbocycles. The Morgan fingerprint density at radius 3 is 2.80 bits per heavy atom. The maximum absolute atomic E-state index is 12.8. The van der Waals surface area contributed by atoms with Gasteiger partial charge in [0.1, 0.15) is 24.1 Å². The molecule has 45 heavy (non-hydrogen) atoms. The molecule has 1 spiro atoms. The van der Waals surface area contributed by atoms with Crippen LogP contribution in [0.2, 0.25) is 5.02 Å². The Kier molecular flexibility index (Phi) is 8.37. The molecule has 3 aliphatic rings. The Balaban J connectivity index is 1.42. The minimum absolute atomic E-state index is 0.235. The molecule has 0 bridgehead atoms. The molecule has 2 aliphatic heterocycles. The summed E-state index contributed by atoms with van der Waals surface area (Å²) in [6.45, 7) is 5.31. The van der Waals surface area contributed by atoms with Gasteiger partial charge < -0.3 is 29.9 Å². The lowest BCUT2D eigenvalue weighted by molar-refractivity contribution is -0.0873. The summed E-state index contributed by atoms with van der Waals surface area (Å²) in [5.74, 6) is 0.768. The predicted molar refractivity (Wildman–Crippen MR) is 170 cm³/mol. The Hall–Kier alpha value is -3.92. The van der Waals surface area contributed by atoms with Crippen LogP contribution in [0.1, 0.15) is 76.2 Å². The zero-order chi connectivity index (χ0) is 32.0. The summed E-state index contributed by atoms with van der Waals surface area (Å²) in [5, 5.41) is 15.1. The molecule has 3 aromatic rings. The number of nitriles is 1. The molecular formula is C32H40ClN9O3. The van der Waals surface area contributed by atoms with Crippen LogP contribution >= 0.6 is 11.6 Å². The number of benzene rings is 1. The highest BCUT2D eigenvalue weighted by Gasteiger charge is 2.46. The average molecular weight is 634 g/mol. The Morgan fingerprint density at radius 2 is 2.07 bits per heavy atom. The van der Waals surface area contributed by atoms with E-state index in [9.17, 15) is 10.1 Å². The molecule has 2 aromatic heterocycles. The highest BCUT2D eigenvalue weighted by atomic mass is 35.5. The third-order valence-electron chi connectivity index (χ3n) is 9.16. The molecule has 2 atom stereocenters. The number of fused-ring (bicyclic) bond motifs is 4. The second kappa shape index (κ2) is 12.1. The van der Waals surface area contributed by atoms with Crippen molar-refractivity contribution in [2.45, 2.75) is 63.8 Å². The quantitative estimate of drug-likeness (QED) is 0.400. The smallest absolute Gasteiger partial charge is 0.318 e. The van der Waals surface area contributed by atoms with Gasteiger partial charge in [0.25, 0.3) is 5.91 Å². The number of amides is 1. The van der Waals surface area contributed by atoms with E-state index in [0.717, 1.165) is 53.2 Å². The van der Waals surface area contributed by atoms with Gasteiger partial charge in [-0.25, -0.2) is 0 Å². The van der Waals surface area contributed by atoms with Gasteiger partial charge in [0.15, 0.2) is 5.69 Å². The fourth-order valence-corrected chi connectivity index (χ4v) is 6.96. The molecule has 238 valence electrons. The number of hydrogen-bond donors (Lipinski definition) is 1. The number of nitrogens with two attached hydrogens (primary N) is 1. The number of nitrogens with zero attached hydrogens (tertiary/aromatic N) is 8. The van der Waals surface area contributed by atoms with E-state index in [-0.39, 0.29) is 24.1 Å². The van der Waals surface area contributed by atoms with Gasteiger partial charge in [-0.3, -0.25) is 9.48 Å². The first-order valence-corrected chi connectivity index (χ1v) is 15.8. The van der Waals surface area contributed by atoms with Crippen LogP contribution in [0.5, 0.6) is 6.01 Å². The SMILES string of the molecule is CC1CCC2(Cc3nc(OCCN(C)C)nc(N4CCCn5nc(C(=O)N(C)C)c(Cl)c5C4)c3CO2)c2c1ccc(N)c2C#N. The zero-order valence-corrected chi connectivity index (χ0v) is 27.3. The predicted octanol–water partition coefficient (Wildman–Crippen LogP) is 3.70. The van der Waals surface area contributed by atoms with Gasteiger partial charge in [-0.15, -0.1) is 0 Å². The summed E-state index contributed by atoms with van der Waals surface area (Å²) in [7, 11) is 7.35. The van der Waals surface area contributed by atoms with Gasteiger partial charge in [-0.1, -0.05) is 24.6 Å². The van der Waals surface area contributed by atoms with Crippen LogP contribution in [-0.2, 0) is 36.5 Å². The normalized spacial score (nSPS) is 20.7. The fraction of sp³-hybridized carbons (Fsp3) is 0.531. The van der Waals surface area contributed by atoms with Gasteiger partial charge in [0, 0.05) is 57.0 Å². The van der Waals surface area contributed by atoms with Crippen molar-refractivity contribution in [3.05, 3.63) is 56.5 Å². The summed E-state index contributed by atoms with van der Waals surface area (Å²) in [6, 6.07) is 6.53. The van der Waals surface area contributed by atoms with Gasteiger partial charge in [-0.05, 0) is 50.9 Å². The third-order valence-corrected chi connectivity index (χ3v) is 9.55. The van der Waals surface area contributed by atoms with E-state index in [1.807, 2.05) is 35.8 Å². The van der Waals surface area contributed by atoms with E-state index >= 15 is 0 Å². The van der Waals surface area contributed by atoms with Crippen LogP contribution in [0.3, 0.4) is 0 Å². The summed E-state index contributed by atoms with van der Waals surface area (Å²) in [5.41, 5.74) is 11.3. The first-order chi connectivity index (χ1) is 21.5. The number of rotatable bonds is 6. The number of carbonyl (C=O) groups is 1. The summed E-state index contributed by atoms with van der Waals surface area (Å²) in [6.07, 6.45) is 2.91. The van der Waals surface area contributed by atoms with Crippen LogP contribution in [0, 0.1) is 11.3 Å². The molecule has 4 heterocycles. The van der Waals surface area contributed by atoms with Crippen molar-refractivity contribution in [2.75, 3.05) is 58.5 Å². The molecule has 12 nitrogen and oxygen atoms in total. The van der Waals surface area contributed by atoms with Crippen LogP contribution in [0.15, 0.2) is 12.1 Å². The van der Waals surface area contributed by atoms with Crippen LogP contribution in [-0.4, -0.2) is 83.3 Å². The summed E-state index contributed by atoms with van der Waals surface area (Å²) >= 11 is 6.80. The zero-order valence-electron chi connectivity index (χ0n) is 26.6. The number of aromatic nitrogens is 4. The number of hydrogen-bond acceptors (Lipinski definition) is 10. The van der Waals surface area contributed by atoms with Gasteiger partial charge in [0.05, 0.1) is 35.1 Å². The largest absolute Gasteiger partial charge is 0.462 e. The van der Waals surface area contributed by atoms with E-state index in [1.165, 1.54) is 4.90 Å². The summed E-state index contributed by atoms with van der Waals surface area (Å²) in [4.78, 5) is 28.4. The van der Waals surface area contributed by atoms with E-state index in [1.54, 1.807) is 14.1 Å². The lowest BCUT2D eigenvalue weighted by Gasteiger charge is -2.45. The Morgan fingerprint density at radius 1 is 1.27 bits per heavy atom. The molecule has 0 fully saturated rings. The highest BCUT2D eigenvalue weighted by molar-refractivity contribution is 6.34. The van der Waals surface area contributed by atoms with Crippen molar-refractivity contribution in [1.29, 1.82) is 5.26 Å². The number of likely N-dealkylation sites (N-methyl/N-ethyl adjacent to an activating group) is 1. The van der Waals surface area contributed by atoms with E-state index < -0.39 is 5.60 Å². The molecule has 6 rings (SSSR count). The van der Waals surface area contributed by atoms with E-state index in [4.69, 9.17) is 36.8 Å². The Bertz CT molecular complexity index is 1680. The molecule has 2 N–H and O–H groups in total. The maximum Gasteiger partial charge on any atom is 0.318 e. The monoisotopic (exact) mass is 633 g/mol. The second-order valence-electron chi connectivity index (χ2n) is 12.7. The van der Waals surface area contributed by atoms with Gasteiger partial charge in [-0.2, -0.15) is 20.3 Å². The van der Waals surface area contributed by atoms with E-state index in [0.29, 0.717) is 61.5 Å². The van der Waals surface area contributed by atoms with Crippen LogP contribution in [0.4, 0.5) is 11.5 Å². The minimum atomic E-state index is -0.732. The third kappa shape index (κ3) is 5.58. The van der Waals surface area contributed by atoms with Gasteiger partial charge in [0.2, 0.25) is 0 Å². The standard InChI is InChI=1S/C32H40ClN9O3/c1-19-9-10-32(26-20(19)7-8-23(35)21(26)16-34)15-24-22(18-45-32)29(37-31(36-24)44-14-13-39(2)3)41-11-6-12-42-25(17-41)27(33)28(38-42)30(43)40(4)5/h7-8,19H,6,9-15,17-18,35H2,1-5H3. The first kappa shape index (κ1) is 31.1. The second-order valence-corrected chi connectivity index (χ2v) is 13.1. The lowest BCUT2D eigenvalue weighted by atomic mass is 9.69. The van der Waals surface area contributed by atoms with Crippen molar-refractivity contribution in [3.63, 3.8) is 0 Å². The van der Waals surface area contributed by atoms with Gasteiger partial charge >= 0.3 is 6.01 Å². The molecule has 0 saturated carbocycles. The van der Waals surface area contributed by atoms with Crippen molar-refractivity contribution < 1.29 is 14.3 Å². The van der Waals surface area contributed by atoms with Crippen molar-refractivity contribution >= 4 is 29.0 Å². The number of carbonyl (C=O) groups excluding carboxylic acids is 1. The number of ether oxygens (including phenoxy) is 2. The lowest BCUT2D eigenvalue weighted by Crippen LogP contribution is -2.42. The number of nitrogen functional groups attached to an aromatic ring is 1. The number of aryl methyl sites for hydroxylation is 1. The molecule has 13 heteroatoms. The molecule has 2 unspecified atom stereocenters. The van der Waals surface area contributed by atoms with Crippen molar-refractivity contribution in [2.24, 2.45) is 0 Å². The molecule has 0 radical (unpaired) electrons. The number of anilines is 2. The average Bonchev–Trinajstić information content (AvgIpc) is 3.17. The molecular weight excluding hydrogens is 594 g/mol. The maximum atomic E-state index is 12.8. The molecule has 1 aromatic carbocycles. The highest BCUT2D eigenvalue weighted by Crippen LogP contribution is 2.51. The first-order valence-electron chi connectivity index (χ1n) is 15.4. The molecule has 1 amide bonds. The van der Waals surface area contributed by atoms with Crippen LogP contribution < -0.4 is 15.4 Å². The van der Waals surface area contributed by atoms with Crippen molar-refractivity contribution in [1.82, 2.24) is 29.5 Å². The van der Waals surface area contributed by atoms with Crippen LogP contribution in [0.25, 0.3) is 0 Å². The summed E-state index contributed by atoms with van der Waals surface area (Å²) < 4.78 is 14.8. The van der Waals surface area contributed by atoms with E-state index in [2.05, 4.69) is 23.0 Å². The fourth-order valence-electron chi connectivity index (χ4n) is 6.69. The molecule has 0 saturated heterocycles. The number of halogens is 1. The Labute approximate surface area is 268 Å². The minimum Gasteiger partial charge on any atom is -0.462 e.